The predicted molar refractivity (Wildman–Crippen MR) is 109 cm³/mol. The van der Waals surface area contributed by atoms with Gasteiger partial charge in [-0.2, -0.15) is 0 Å². The summed E-state index contributed by atoms with van der Waals surface area (Å²) < 4.78 is 11.6. The Labute approximate surface area is 157 Å². The molecular weight excluding hydrogens is 308 g/mol. The van der Waals surface area contributed by atoms with Gasteiger partial charge in [-0.25, -0.2) is 0 Å². The van der Waals surface area contributed by atoms with Gasteiger partial charge < -0.3 is 9.47 Å². The molecule has 0 fully saturated rings. The lowest BCUT2D eigenvalue weighted by Crippen LogP contribution is -2.02. The van der Waals surface area contributed by atoms with Crippen LogP contribution in [-0.2, 0) is 9.47 Å². The fourth-order valence-electron chi connectivity index (χ4n) is 2.34. The van der Waals surface area contributed by atoms with Crippen LogP contribution in [0.3, 0.4) is 0 Å². The lowest BCUT2D eigenvalue weighted by molar-refractivity contribution is 0.0325. The van der Waals surface area contributed by atoms with Crippen molar-refractivity contribution in [2.45, 2.75) is 97.8 Å². The molecule has 0 aliphatic carbocycles. The van der Waals surface area contributed by atoms with E-state index in [1.54, 1.807) is 6.08 Å². The molecule has 0 N–H and O–H groups in total. The van der Waals surface area contributed by atoms with Crippen molar-refractivity contribution in [3.63, 3.8) is 0 Å². The van der Waals surface area contributed by atoms with Crippen LogP contribution in [0.5, 0.6) is 0 Å². The van der Waals surface area contributed by atoms with Gasteiger partial charge in [-0.1, -0.05) is 96.5 Å². The van der Waals surface area contributed by atoms with Crippen LogP contribution in [0.4, 0.5) is 0 Å². The molecule has 0 atom stereocenters. The summed E-state index contributed by atoms with van der Waals surface area (Å²) in [6, 6.07) is 0. The minimum atomic E-state index is 0.586. The lowest BCUT2D eigenvalue weighted by atomic mass is 10.2. The smallest absolute Gasteiger partial charge is 0.287 e. The van der Waals surface area contributed by atoms with Gasteiger partial charge in [0.25, 0.3) is 5.95 Å². The first-order valence-electron chi connectivity index (χ1n) is 10.5. The standard InChI is InChI=1S/C23H40O2/c1-4-7-10-13-14-17-20-23(24-21-18-15-11-8-5-2)25-22-19-16-12-9-6-3/h10,13,20H,4-9,11-12,15-16,18-19,21-22H2,1-3H3/b13-10-. The molecule has 0 aliphatic rings. The van der Waals surface area contributed by atoms with Gasteiger partial charge in [-0.05, 0) is 25.3 Å². The molecule has 0 heterocycles. The summed E-state index contributed by atoms with van der Waals surface area (Å²) in [5.41, 5.74) is 0. The Kier molecular flexibility index (Phi) is 19.6. The fourth-order valence-corrected chi connectivity index (χ4v) is 2.34. The third kappa shape index (κ3) is 18.8. The largest absolute Gasteiger partial charge is 0.465 e. The Morgan fingerprint density at radius 1 is 0.680 bits per heavy atom. The van der Waals surface area contributed by atoms with E-state index in [4.69, 9.17) is 9.47 Å². The van der Waals surface area contributed by atoms with Gasteiger partial charge in [-0.3, -0.25) is 0 Å². The molecule has 2 nitrogen and oxygen atoms in total. The topological polar surface area (TPSA) is 18.5 Å². The number of hydrogen-bond donors (Lipinski definition) is 0. The average Bonchev–Trinajstić information content (AvgIpc) is 2.63. The molecule has 0 aromatic heterocycles. The van der Waals surface area contributed by atoms with Gasteiger partial charge in [0.2, 0.25) is 0 Å². The van der Waals surface area contributed by atoms with Gasteiger partial charge in [0, 0.05) is 0 Å². The Hall–Kier alpha value is -1.36. The number of hydrogen-bond acceptors (Lipinski definition) is 2. The highest BCUT2D eigenvalue weighted by atomic mass is 16.7. The molecule has 0 amide bonds. The van der Waals surface area contributed by atoms with E-state index >= 15 is 0 Å². The van der Waals surface area contributed by atoms with E-state index in [2.05, 4.69) is 38.7 Å². The third-order valence-corrected chi connectivity index (χ3v) is 3.91. The maximum atomic E-state index is 5.79. The number of allylic oxidation sites excluding steroid dienone is 3. The molecule has 2 heteroatoms. The maximum Gasteiger partial charge on any atom is 0.287 e. The molecule has 0 aliphatic heterocycles. The Bertz CT molecular complexity index is 367. The van der Waals surface area contributed by atoms with Crippen molar-refractivity contribution >= 4 is 0 Å². The molecular formula is C23H40O2. The van der Waals surface area contributed by atoms with Crippen LogP contribution in [0.25, 0.3) is 0 Å². The van der Waals surface area contributed by atoms with Crippen LogP contribution in [0.15, 0.2) is 24.2 Å². The average molecular weight is 349 g/mol. The molecule has 25 heavy (non-hydrogen) atoms. The van der Waals surface area contributed by atoms with Crippen molar-refractivity contribution in [3.05, 3.63) is 24.2 Å². The van der Waals surface area contributed by atoms with Crippen LogP contribution in [-0.4, -0.2) is 13.2 Å². The van der Waals surface area contributed by atoms with Crippen LogP contribution >= 0.6 is 0 Å². The molecule has 0 spiro atoms. The van der Waals surface area contributed by atoms with Gasteiger partial charge in [0.15, 0.2) is 0 Å². The SMILES string of the molecule is CCC/C=C\C#CC=C(OCCCCCCC)OCCCCCCC. The molecule has 0 bridgehead atoms. The van der Waals surface area contributed by atoms with E-state index in [0.29, 0.717) is 5.95 Å². The monoisotopic (exact) mass is 348 g/mol. The number of rotatable bonds is 16. The molecule has 0 unspecified atom stereocenters. The highest BCUT2D eigenvalue weighted by Gasteiger charge is 1.99. The lowest BCUT2D eigenvalue weighted by Gasteiger charge is -2.11. The van der Waals surface area contributed by atoms with Gasteiger partial charge in [0.1, 0.15) is 0 Å². The Morgan fingerprint density at radius 2 is 1.24 bits per heavy atom. The van der Waals surface area contributed by atoms with E-state index in [9.17, 15) is 0 Å². The zero-order chi connectivity index (χ0) is 18.4. The van der Waals surface area contributed by atoms with E-state index in [1.807, 2.05) is 6.08 Å². The van der Waals surface area contributed by atoms with Crippen molar-refractivity contribution in [3.8, 4) is 11.8 Å². The van der Waals surface area contributed by atoms with Crippen LogP contribution in [0.2, 0.25) is 0 Å². The van der Waals surface area contributed by atoms with E-state index in [-0.39, 0.29) is 0 Å². The number of unbranched alkanes of at least 4 members (excludes halogenated alkanes) is 9. The summed E-state index contributed by atoms with van der Waals surface area (Å²) in [5.74, 6) is 6.62. The fraction of sp³-hybridized carbons (Fsp3) is 0.739. The first kappa shape index (κ1) is 23.6. The van der Waals surface area contributed by atoms with Crippen LogP contribution in [0.1, 0.15) is 97.8 Å². The molecule has 144 valence electrons. The first-order chi connectivity index (χ1) is 12.3. The van der Waals surface area contributed by atoms with E-state index in [1.165, 1.54) is 51.4 Å². The van der Waals surface area contributed by atoms with Gasteiger partial charge >= 0.3 is 0 Å². The van der Waals surface area contributed by atoms with Crippen LogP contribution < -0.4 is 0 Å². The summed E-state index contributed by atoms with van der Waals surface area (Å²) in [6.07, 6.45) is 20.4. The highest BCUT2D eigenvalue weighted by Crippen LogP contribution is 2.08. The second kappa shape index (κ2) is 20.7. The quantitative estimate of drug-likeness (QED) is 0.167. The highest BCUT2D eigenvalue weighted by molar-refractivity contribution is 5.23. The molecule has 0 radical (unpaired) electrons. The second-order valence-corrected chi connectivity index (χ2v) is 6.47. The van der Waals surface area contributed by atoms with Crippen molar-refractivity contribution < 1.29 is 9.47 Å². The van der Waals surface area contributed by atoms with Gasteiger partial charge in [-0.15, -0.1) is 0 Å². The van der Waals surface area contributed by atoms with Crippen molar-refractivity contribution in [2.24, 2.45) is 0 Å². The minimum Gasteiger partial charge on any atom is -0.465 e. The normalized spacial score (nSPS) is 10.4. The van der Waals surface area contributed by atoms with E-state index < -0.39 is 0 Å². The summed E-state index contributed by atoms with van der Waals surface area (Å²) >= 11 is 0. The summed E-state index contributed by atoms with van der Waals surface area (Å²) in [5, 5.41) is 0. The molecule has 0 aromatic carbocycles. The Balaban J connectivity index is 4.15. The zero-order valence-electron chi connectivity index (χ0n) is 16.9. The summed E-state index contributed by atoms with van der Waals surface area (Å²) in [4.78, 5) is 0. The molecule has 0 aromatic rings. The third-order valence-electron chi connectivity index (χ3n) is 3.91. The molecule has 0 saturated heterocycles. The predicted octanol–water partition coefficient (Wildman–Crippen LogP) is 7.16. The maximum absolute atomic E-state index is 5.79. The van der Waals surface area contributed by atoms with Crippen molar-refractivity contribution in [1.29, 1.82) is 0 Å². The van der Waals surface area contributed by atoms with Crippen LogP contribution in [0, 0.1) is 11.8 Å². The summed E-state index contributed by atoms with van der Waals surface area (Å²) in [7, 11) is 0. The number of ether oxygens (including phenoxy) is 2. The van der Waals surface area contributed by atoms with Crippen molar-refractivity contribution in [2.75, 3.05) is 13.2 Å². The molecule has 0 rings (SSSR count). The minimum absolute atomic E-state index is 0.586. The van der Waals surface area contributed by atoms with E-state index in [0.717, 1.165) is 38.9 Å². The molecule has 0 saturated carbocycles. The Morgan fingerprint density at radius 3 is 1.76 bits per heavy atom. The first-order valence-corrected chi connectivity index (χ1v) is 10.5. The van der Waals surface area contributed by atoms with Crippen molar-refractivity contribution in [1.82, 2.24) is 0 Å². The zero-order valence-corrected chi connectivity index (χ0v) is 16.9. The summed E-state index contributed by atoms with van der Waals surface area (Å²) in [6.45, 7) is 8.08. The second-order valence-electron chi connectivity index (χ2n) is 6.47. The van der Waals surface area contributed by atoms with Gasteiger partial charge in [0.05, 0.1) is 19.3 Å².